The van der Waals surface area contributed by atoms with E-state index in [1.54, 1.807) is 4.52 Å². The minimum absolute atomic E-state index is 0.0743. The normalized spacial score (nSPS) is 12.6. The summed E-state index contributed by atoms with van der Waals surface area (Å²) >= 11 is 1.47. The van der Waals surface area contributed by atoms with Crippen molar-refractivity contribution < 1.29 is 4.79 Å². The smallest absolute Gasteiger partial charge is 0.253 e. The molecule has 4 rings (SSSR count). The molecule has 0 saturated heterocycles. The third kappa shape index (κ3) is 3.54. The first kappa shape index (κ1) is 20.3. The predicted molar refractivity (Wildman–Crippen MR) is 118 cm³/mol. The third-order valence-electron chi connectivity index (χ3n) is 5.31. The Hall–Kier alpha value is -2.94. The molecule has 3 heterocycles. The molecule has 0 saturated carbocycles. The Kier molecular flexibility index (Phi) is 5.46. The Labute approximate surface area is 179 Å². The zero-order valence-electron chi connectivity index (χ0n) is 17.8. The minimum Gasteiger partial charge on any atom is -0.346 e. The fourth-order valence-electron chi connectivity index (χ4n) is 3.81. The van der Waals surface area contributed by atoms with Crippen LogP contribution in [0.2, 0.25) is 0 Å². The van der Waals surface area contributed by atoms with Crippen LogP contribution in [0, 0.1) is 13.8 Å². The number of fused-ring (bicyclic) bond motifs is 2. The summed E-state index contributed by atoms with van der Waals surface area (Å²) in [5, 5.41) is 8.22. The van der Waals surface area contributed by atoms with E-state index >= 15 is 0 Å². The Bertz CT molecular complexity index is 1240. The molecular formula is C21H25N7OS. The van der Waals surface area contributed by atoms with E-state index in [2.05, 4.69) is 37.9 Å². The quantitative estimate of drug-likeness (QED) is 0.479. The van der Waals surface area contributed by atoms with E-state index in [0.717, 1.165) is 40.4 Å². The number of carbonyl (C=O) groups excluding carboxylic acids is 1. The average Bonchev–Trinajstić information content (AvgIpc) is 3.32. The second-order valence-electron chi connectivity index (χ2n) is 7.24. The number of benzene rings is 1. The van der Waals surface area contributed by atoms with E-state index in [0.29, 0.717) is 10.9 Å². The molecule has 9 heteroatoms. The number of rotatable bonds is 6. The number of carbonyl (C=O) groups is 1. The van der Waals surface area contributed by atoms with Gasteiger partial charge >= 0.3 is 0 Å². The molecule has 0 aliphatic carbocycles. The molecule has 4 aromatic rings. The van der Waals surface area contributed by atoms with E-state index in [1.165, 1.54) is 11.8 Å². The van der Waals surface area contributed by atoms with Gasteiger partial charge in [-0.05, 0) is 46.1 Å². The van der Waals surface area contributed by atoms with Gasteiger partial charge < -0.3 is 9.88 Å². The van der Waals surface area contributed by atoms with Crippen molar-refractivity contribution in [2.75, 3.05) is 6.26 Å². The zero-order chi connectivity index (χ0) is 21.4. The van der Waals surface area contributed by atoms with E-state index in [9.17, 15) is 4.79 Å². The molecule has 0 aliphatic rings. The summed E-state index contributed by atoms with van der Waals surface area (Å²) < 4.78 is 3.85. The number of aryl methyl sites for hydroxylation is 3. The molecule has 1 atom stereocenters. The van der Waals surface area contributed by atoms with E-state index in [-0.39, 0.29) is 18.4 Å². The molecule has 30 heavy (non-hydrogen) atoms. The molecular weight excluding hydrogens is 398 g/mol. The molecule has 1 amide bonds. The molecule has 1 unspecified atom stereocenters. The summed E-state index contributed by atoms with van der Waals surface area (Å²) in [6, 6.07) is 7.82. The van der Waals surface area contributed by atoms with Crippen LogP contribution in [-0.2, 0) is 17.8 Å². The molecule has 0 spiro atoms. The van der Waals surface area contributed by atoms with Gasteiger partial charge in [-0.1, -0.05) is 23.9 Å². The summed E-state index contributed by atoms with van der Waals surface area (Å²) in [5.41, 5.74) is 4.56. The van der Waals surface area contributed by atoms with Gasteiger partial charge in [-0.15, -0.1) is 5.10 Å². The highest BCUT2D eigenvalue weighted by Crippen LogP contribution is 2.21. The lowest BCUT2D eigenvalue weighted by atomic mass is 10.1. The van der Waals surface area contributed by atoms with Gasteiger partial charge in [0.15, 0.2) is 0 Å². The zero-order valence-corrected chi connectivity index (χ0v) is 18.6. The number of hydrogen-bond acceptors (Lipinski definition) is 6. The Morgan fingerprint density at radius 1 is 1.20 bits per heavy atom. The van der Waals surface area contributed by atoms with Crippen molar-refractivity contribution >= 4 is 34.5 Å². The minimum atomic E-state index is -0.211. The molecule has 0 bridgehead atoms. The number of imidazole rings is 1. The van der Waals surface area contributed by atoms with Crippen LogP contribution in [0.4, 0.5) is 0 Å². The van der Waals surface area contributed by atoms with Gasteiger partial charge in [-0.3, -0.25) is 4.79 Å². The average molecular weight is 424 g/mol. The summed E-state index contributed by atoms with van der Waals surface area (Å²) in [6.07, 6.45) is 2.15. The highest BCUT2D eigenvalue weighted by molar-refractivity contribution is 7.98. The van der Waals surface area contributed by atoms with Crippen LogP contribution in [0.25, 0.3) is 16.8 Å². The molecule has 1 aromatic carbocycles. The molecule has 0 radical (unpaired) electrons. The maximum absolute atomic E-state index is 12.9. The first-order chi connectivity index (χ1) is 14.4. The summed E-state index contributed by atoms with van der Waals surface area (Å²) in [5.74, 6) is 1.34. The van der Waals surface area contributed by atoms with Crippen molar-refractivity contribution in [3.8, 4) is 0 Å². The Morgan fingerprint density at radius 2 is 1.97 bits per heavy atom. The number of thioether (sulfide) groups is 1. The summed E-state index contributed by atoms with van der Waals surface area (Å²) in [4.78, 5) is 26.6. The first-order valence-electron chi connectivity index (χ1n) is 9.94. The third-order valence-corrected chi connectivity index (χ3v) is 5.85. The molecule has 0 aliphatic heterocycles. The second kappa shape index (κ2) is 8.06. The topological polar surface area (TPSA) is 90.0 Å². The highest BCUT2D eigenvalue weighted by Gasteiger charge is 2.20. The number of amides is 1. The van der Waals surface area contributed by atoms with E-state index in [4.69, 9.17) is 4.98 Å². The van der Waals surface area contributed by atoms with Crippen molar-refractivity contribution in [2.24, 2.45) is 0 Å². The first-order valence-corrected chi connectivity index (χ1v) is 11.2. The fourth-order valence-corrected chi connectivity index (χ4v) is 4.14. The number of para-hydroxylation sites is 2. The maximum Gasteiger partial charge on any atom is 0.253 e. The van der Waals surface area contributed by atoms with Gasteiger partial charge in [0.05, 0.1) is 23.5 Å². The van der Waals surface area contributed by atoms with E-state index in [1.807, 2.05) is 45.2 Å². The summed E-state index contributed by atoms with van der Waals surface area (Å²) in [7, 11) is 0. The SMILES string of the molecule is CCn1c(C(C)NC(=O)Cc2c(C)nc3nc(SC)nn3c2C)nc2ccccc21. The summed E-state index contributed by atoms with van der Waals surface area (Å²) in [6.45, 7) is 8.69. The largest absolute Gasteiger partial charge is 0.346 e. The highest BCUT2D eigenvalue weighted by atomic mass is 32.2. The molecule has 0 fully saturated rings. The number of nitrogens with one attached hydrogen (secondary N) is 1. The lowest BCUT2D eigenvalue weighted by Crippen LogP contribution is -2.30. The standard InChI is InChI=1S/C21H25N7OS/c1-6-27-17-10-8-7-9-16(17)24-19(27)13(3)22-18(29)11-15-12(2)23-20-25-21(30-5)26-28(20)14(15)4/h7-10,13H,6,11H2,1-5H3,(H,22,29). The number of hydrogen-bond donors (Lipinski definition) is 1. The maximum atomic E-state index is 12.9. The number of aromatic nitrogens is 6. The lowest BCUT2D eigenvalue weighted by Gasteiger charge is -2.16. The van der Waals surface area contributed by atoms with Crippen LogP contribution in [0.3, 0.4) is 0 Å². The van der Waals surface area contributed by atoms with Gasteiger partial charge in [-0.25, -0.2) is 14.5 Å². The lowest BCUT2D eigenvalue weighted by molar-refractivity contribution is -0.121. The molecule has 156 valence electrons. The van der Waals surface area contributed by atoms with Crippen molar-refractivity contribution in [1.82, 2.24) is 34.4 Å². The molecule has 3 aromatic heterocycles. The van der Waals surface area contributed by atoms with Gasteiger partial charge in [0.1, 0.15) is 5.82 Å². The van der Waals surface area contributed by atoms with E-state index < -0.39 is 0 Å². The molecule has 1 N–H and O–H groups in total. The second-order valence-corrected chi connectivity index (χ2v) is 8.01. The van der Waals surface area contributed by atoms with Crippen LogP contribution in [-0.4, -0.2) is 41.3 Å². The van der Waals surface area contributed by atoms with Gasteiger partial charge in [0.25, 0.3) is 5.78 Å². The fraction of sp³-hybridized carbons (Fsp3) is 0.381. The van der Waals surface area contributed by atoms with Crippen molar-refractivity contribution in [2.45, 2.75) is 51.9 Å². The van der Waals surface area contributed by atoms with Crippen LogP contribution in [0.15, 0.2) is 29.4 Å². The predicted octanol–water partition coefficient (Wildman–Crippen LogP) is 3.25. The van der Waals surface area contributed by atoms with Crippen LogP contribution >= 0.6 is 11.8 Å². The van der Waals surface area contributed by atoms with Gasteiger partial charge in [0, 0.05) is 23.5 Å². The monoisotopic (exact) mass is 423 g/mol. The van der Waals surface area contributed by atoms with Crippen LogP contribution in [0.1, 0.15) is 42.7 Å². The number of nitrogens with zero attached hydrogens (tertiary/aromatic N) is 6. The van der Waals surface area contributed by atoms with Crippen molar-refractivity contribution in [1.29, 1.82) is 0 Å². The van der Waals surface area contributed by atoms with Crippen LogP contribution in [0.5, 0.6) is 0 Å². The van der Waals surface area contributed by atoms with Gasteiger partial charge in [-0.2, -0.15) is 4.98 Å². The Morgan fingerprint density at radius 3 is 2.70 bits per heavy atom. The van der Waals surface area contributed by atoms with Crippen molar-refractivity contribution in [3.63, 3.8) is 0 Å². The van der Waals surface area contributed by atoms with Gasteiger partial charge in [0.2, 0.25) is 11.1 Å². The Balaban J connectivity index is 1.58. The van der Waals surface area contributed by atoms with Crippen LogP contribution < -0.4 is 5.32 Å². The molecule has 8 nitrogen and oxygen atoms in total. The van der Waals surface area contributed by atoms with Crippen molar-refractivity contribution in [3.05, 3.63) is 47.0 Å².